The second-order valence-electron chi connectivity index (χ2n) is 6.29. The lowest BCUT2D eigenvalue weighted by Gasteiger charge is -2.24. The van der Waals surface area contributed by atoms with Crippen molar-refractivity contribution in [3.63, 3.8) is 0 Å². The average molecular weight is 404 g/mol. The smallest absolute Gasteiger partial charge is 0.334 e. The average Bonchev–Trinajstić information content (AvgIpc) is 2.90. The summed E-state index contributed by atoms with van der Waals surface area (Å²) in [6.45, 7) is 2.80. The Balaban J connectivity index is 2.05. The van der Waals surface area contributed by atoms with Crippen LogP contribution >= 0.6 is 0 Å². The molecule has 0 aromatic heterocycles. The molecule has 1 fully saturated rings. The van der Waals surface area contributed by atoms with Gasteiger partial charge in [0.05, 0.1) is 19.3 Å². The molecule has 0 bridgehead atoms. The topological polar surface area (TPSA) is 116 Å². The molecule has 2 rings (SSSR count). The summed E-state index contributed by atoms with van der Waals surface area (Å²) in [7, 11) is 1.48. The molecule has 0 saturated carbocycles. The summed E-state index contributed by atoms with van der Waals surface area (Å²) in [5.41, 5.74) is 0.456. The van der Waals surface area contributed by atoms with E-state index in [0.29, 0.717) is 22.8 Å². The van der Waals surface area contributed by atoms with E-state index in [-0.39, 0.29) is 19.6 Å². The van der Waals surface area contributed by atoms with E-state index in [0.717, 1.165) is 4.90 Å². The van der Waals surface area contributed by atoms with Crippen LogP contribution in [0.4, 0.5) is 10.5 Å². The number of nitrogens with one attached hydrogen (secondary N) is 1. The molecule has 1 N–H and O–H groups in total. The van der Waals surface area contributed by atoms with Crippen LogP contribution in [0.25, 0.3) is 0 Å². The largest absolute Gasteiger partial charge is 0.495 e. The summed E-state index contributed by atoms with van der Waals surface area (Å²) in [6, 6.07) is 6.01. The number of urea groups is 1. The van der Waals surface area contributed by atoms with Gasteiger partial charge in [0.15, 0.2) is 0 Å². The van der Waals surface area contributed by atoms with Crippen molar-refractivity contribution in [1.82, 2.24) is 14.7 Å². The van der Waals surface area contributed by atoms with Gasteiger partial charge in [-0.3, -0.25) is 24.1 Å². The summed E-state index contributed by atoms with van der Waals surface area (Å²) in [5, 5.41) is 2.67. The molecule has 1 aromatic rings. The number of carbonyl (C=O) groups is 5. The van der Waals surface area contributed by atoms with E-state index in [1.165, 1.54) is 12.0 Å². The highest BCUT2D eigenvalue weighted by molar-refractivity contribution is 6.45. The van der Waals surface area contributed by atoms with Crippen molar-refractivity contribution >= 4 is 35.3 Å². The maximum Gasteiger partial charge on any atom is 0.334 e. The van der Waals surface area contributed by atoms with E-state index < -0.39 is 36.2 Å². The van der Waals surface area contributed by atoms with Crippen molar-refractivity contribution in [2.45, 2.75) is 20.3 Å². The van der Waals surface area contributed by atoms with E-state index in [1.54, 1.807) is 31.2 Å². The minimum Gasteiger partial charge on any atom is -0.495 e. The number of rotatable bonds is 9. The Kier molecular flexibility index (Phi) is 7.29. The third-order valence-corrected chi connectivity index (χ3v) is 4.31. The number of nitrogens with zero attached hydrogens (tertiary/aromatic N) is 3. The Hall–Kier alpha value is -3.43. The normalized spacial score (nSPS) is 13.7. The van der Waals surface area contributed by atoms with Gasteiger partial charge < -0.3 is 15.0 Å². The van der Waals surface area contributed by atoms with Crippen LogP contribution in [0.3, 0.4) is 0 Å². The monoisotopic (exact) mass is 404 g/mol. The van der Waals surface area contributed by atoms with Crippen LogP contribution < -0.4 is 10.1 Å². The van der Waals surface area contributed by atoms with E-state index in [4.69, 9.17) is 4.74 Å². The number of para-hydroxylation sites is 2. The fourth-order valence-corrected chi connectivity index (χ4v) is 2.88. The zero-order valence-electron chi connectivity index (χ0n) is 16.6. The van der Waals surface area contributed by atoms with E-state index >= 15 is 0 Å². The number of imide groups is 2. The second-order valence-corrected chi connectivity index (χ2v) is 6.29. The van der Waals surface area contributed by atoms with Crippen molar-refractivity contribution in [1.29, 1.82) is 0 Å². The lowest BCUT2D eigenvalue weighted by atomic mass is 10.3. The van der Waals surface area contributed by atoms with Gasteiger partial charge in [0.1, 0.15) is 12.3 Å². The van der Waals surface area contributed by atoms with Crippen LogP contribution in [0.1, 0.15) is 20.3 Å². The Morgan fingerprint density at radius 2 is 1.72 bits per heavy atom. The van der Waals surface area contributed by atoms with E-state index in [2.05, 4.69) is 5.32 Å². The Morgan fingerprint density at radius 3 is 2.31 bits per heavy atom. The minimum atomic E-state index is -1.04. The third-order valence-electron chi connectivity index (χ3n) is 4.31. The van der Waals surface area contributed by atoms with Gasteiger partial charge in [-0.1, -0.05) is 19.1 Å². The number of carbonyl (C=O) groups excluding carboxylic acids is 5. The molecule has 29 heavy (non-hydrogen) atoms. The number of anilines is 1. The molecule has 6 amide bonds. The fourth-order valence-electron chi connectivity index (χ4n) is 2.88. The standard InChI is InChI=1S/C19H24N4O6/c1-4-10-21(11-15(24)20-13-8-6-7-9-14(13)29-3)16(25)12-23-18(27)17(26)22(5-2)19(23)28/h6-9H,4-5,10-12H2,1-3H3,(H,20,24). The first kappa shape index (κ1) is 21.9. The first-order chi connectivity index (χ1) is 13.8. The predicted octanol–water partition coefficient (Wildman–Crippen LogP) is 0.683. The molecule has 1 aromatic carbocycles. The van der Waals surface area contributed by atoms with Gasteiger partial charge in [0.25, 0.3) is 0 Å². The van der Waals surface area contributed by atoms with Crippen molar-refractivity contribution < 1.29 is 28.7 Å². The Bertz CT molecular complexity index is 825. The number of ether oxygens (including phenoxy) is 1. The first-order valence-electron chi connectivity index (χ1n) is 9.21. The Morgan fingerprint density at radius 1 is 1.07 bits per heavy atom. The van der Waals surface area contributed by atoms with Crippen LogP contribution in [-0.2, 0) is 19.2 Å². The number of hydrogen-bond donors (Lipinski definition) is 1. The van der Waals surface area contributed by atoms with Gasteiger partial charge in [-0.2, -0.15) is 0 Å². The lowest BCUT2D eigenvalue weighted by Crippen LogP contribution is -2.46. The molecule has 10 heteroatoms. The van der Waals surface area contributed by atoms with E-state index in [1.807, 2.05) is 6.92 Å². The van der Waals surface area contributed by atoms with Crippen molar-refractivity contribution in [3.05, 3.63) is 24.3 Å². The van der Waals surface area contributed by atoms with Crippen LogP contribution in [0.2, 0.25) is 0 Å². The van der Waals surface area contributed by atoms with Crippen molar-refractivity contribution in [2.24, 2.45) is 0 Å². The number of benzene rings is 1. The molecule has 1 heterocycles. The van der Waals surface area contributed by atoms with Gasteiger partial charge >= 0.3 is 17.8 Å². The highest BCUT2D eigenvalue weighted by Crippen LogP contribution is 2.22. The molecule has 10 nitrogen and oxygen atoms in total. The number of methoxy groups -OCH3 is 1. The highest BCUT2D eigenvalue weighted by atomic mass is 16.5. The summed E-state index contributed by atoms with van der Waals surface area (Å²) in [5.74, 6) is -2.59. The molecule has 1 saturated heterocycles. The second kappa shape index (κ2) is 9.67. The number of amides is 6. The maximum absolute atomic E-state index is 12.6. The molecule has 0 aliphatic carbocycles. The summed E-state index contributed by atoms with van der Waals surface area (Å²) >= 11 is 0. The summed E-state index contributed by atoms with van der Waals surface area (Å²) in [6.07, 6.45) is 0.565. The number of hydrogen-bond acceptors (Lipinski definition) is 6. The molecule has 0 atom stereocenters. The Labute approximate surface area is 168 Å². The predicted molar refractivity (Wildman–Crippen MR) is 103 cm³/mol. The van der Waals surface area contributed by atoms with Crippen LogP contribution in [0.15, 0.2) is 24.3 Å². The molecule has 156 valence electrons. The van der Waals surface area contributed by atoms with Crippen LogP contribution in [0, 0.1) is 0 Å². The zero-order valence-corrected chi connectivity index (χ0v) is 16.6. The quantitative estimate of drug-likeness (QED) is 0.478. The molecule has 1 aliphatic rings. The molecule has 0 spiro atoms. The molecule has 1 aliphatic heterocycles. The summed E-state index contributed by atoms with van der Waals surface area (Å²) in [4.78, 5) is 63.6. The molecule has 0 radical (unpaired) electrons. The maximum atomic E-state index is 12.6. The molecule has 0 unspecified atom stereocenters. The molecular formula is C19H24N4O6. The van der Waals surface area contributed by atoms with Gasteiger partial charge in [-0.05, 0) is 25.5 Å². The van der Waals surface area contributed by atoms with Crippen LogP contribution in [0.5, 0.6) is 5.75 Å². The SMILES string of the molecule is CCCN(CC(=O)Nc1ccccc1OC)C(=O)CN1C(=O)C(=O)N(CC)C1=O. The van der Waals surface area contributed by atoms with Gasteiger partial charge in [0, 0.05) is 13.1 Å². The van der Waals surface area contributed by atoms with Crippen LogP contribution in [-0.4, -0.2) is 77.6 Å². The van der Waals surface area contributed by atoms with Gasteiger partial charge in [0.2, 0.25) is 11.8 Å². The third kappa shape index (κ3) is 4.89. The fraction of sp³-hybridized carbons (Fsp3) is 0.421. The van der Waals surface area contributed by atoms with Crippen molar-refractivity contribution in [3.8, 4) is 5.75 Å². The zero-order chi connectivity index (χ0) is 21.6. The lowest BCUT2D eigenvalue weighted by molar-refractivity contribution is -0.145. The van der Waals surface area contributed by atoms with Gasteiger partial charge in [-0.25, -0.2) is 9.69 Å². The summed E-state index contributed by atoms with van der Waals surface area (Å²) < 4.78 is 5.18. The molecular weight excluding hydrogens is 380 g/mol. The van der Waals surface area contributed by atoms with Gasteiger partial charge in [-0.15, -0.1) is 0 Å². The van der Waals surface area contributed by atoms with E-state index in [9.17, 15) is 24.0 Å². The highest BCUT2D eigenvalue weighted by Gasteiger charge is 2.44. The minimum absolute atomic E-state index is 0.0358. The number of likely N-dealkylation sites (N-methyl/N-ethyl adjacent to an activating group) is 1. The van der Waals surface area contributed by atoms with Crippen molar-refractivity contribution in [2.75, 3.05) is 38.6 Å². The first-order valence-corrected chi connectivity index (χ1v) is 9.21.